The van der Waals surface area contributed by atoms with Gasteiger partial charge >= 0.3 is 0 Å². The largest absolute Gasteiger partial charge is 0.377 e. The summed E-state index contributed by atoms with van der Waals surface area (Å²) in [7, 11) is -0.619. The van der Waals surface area contributed by atoms with Crippen molar-refractivity contribution in [2.75, 3.05) is 37.7 Å². The molecule has 0 saturated heterocycles. The van der Waals surface area contributed by atoms with Gasteiger partial charge in [0.25, 0.3) is 5.56 Å². The van der Waals surface area contributed by atoms with E-state index in [1.165, 1.54) is 4.57 Å². The quantitative estimate of drug-likeness (QED) is 0.531. The van der Waals surface area contributed by atoms with E-state index in [2.05, 4.69) is 23.8 Å². The topological polar surface area (TPSA) is 61.2 Å². The van der Waals surface area contributed by atoms with E-state index in [-0.39, 0.29) is 18.4 Å². The maximum atomic E-state index is 12.7. The van der Waals surface area contributed by atoms with Crippen molar-refractivity contribution in [2.45, 2.75) is 33.2 Å². The van der Waals surface area contributed by atoms with Crippen LogP contribution < -0.4 is 5.56 Å². The molecule has 0 fully saturated rings. The minimum absolute atomic E-state index is 0.144. The van der Waals surface area contributed by atoms with E-state index in [0.29, 0.717) is 30.0 Å². The predicted molar refractivity (Wildman–Crippen MR) is 109 cm³/mol. The highest BCUT2D eigenvalue weighted by Crippen LogP contribution is 2.33. The summed E-state index contributed by atoms with van der Waals surface area (Å²) < 4.78 is 15.3. The number of H-pyrrole nitrogens is 1. The molecule has 25 heavy (non-hydrogen) atoms. The van der Waals surface area contributed by atoms with Crippen molar-refractivity contribution in [1.29, 1.82) is 0 Å². The van der Waals surface area contributed by atoms with Crippen molar-refractivity contribution < 1.29 is 9.47 Å². The first-order chi connectivity index (χ1) is 11.7. The highest BCUT2D eigenvalue weighted by atomic mass is 32.3. The average molecular weight is 388 g/mol. The average Bonchev–Trinajstić information content (AvgIpc) is 2.98. The summed E-state index contributed by atoms with van der Waals surface area (Å²) in [6, 6.07) is 1.87. The van der Waals surface area contributed by atoms with Gasteiger partial charge in [0.1, 0.15) is 12.2 Å². The third kappa shape index (κ3) is 5.44. The van der Waals surface area contributed by atoms with E-state index in [4.69, 9.17) is 21.7 Å². The molecule has 0 aliphatic rings. The van der Waals surface area contributed by atoms with Crippen LogP contribution >= 0.6 is 22.2 Å². The molecule has 8 heteroatoms. The molecule has 2 heterocycles. The molecule has 0 amide bonds. The zero-order valence-corrected chi connectivity index (χ0v) is 17.3. The SMILES string of the molecule is CC(C)OCCn1c(=S)n(COCCS(C)(C)C)c(=O)c2[nH]ccc21. The molecule has 0 aliphatic heterocycles. The lowest BCUT2D eigenvalue weighted by Gasteiger charge is -2.24. The van der Waals surface area contributed by atoms with E-state index >= 15 is 0 Å². The lowest BCUT2D eigenvalue weighted by Crippen LogP contribution is -2.28. The van der Waals surface area contributed by atoms with Gasteiger partial charge in [0.15, 0.2) is 4.77 Å². The first-order valence-electron chi connectivity index (χ1n) is 8.37. The van der Waals surface area contributed by atoms with Crippen molar-refractivity contribution >= 4 is 33.3 Å². The molecule has 0 aromatic carbocycles. The van der Waals surface area contributed by atoms with Crippen LogP contribution in [-0.2, 0) is 22.7 Å². The van der Waals surface area contributed by atoms with Gasteiger partial charge < -0.3 is 19.0 Å². The molecule has 0 atom stereocenters. The fourth-order valence-electron chi connectivity index (χ4n) is 2.40. The van der Waals surface area contributed by atoms with Crippen LogP contribution in [0, 0.1) is 4.77 Å². The Morgan fingerprint density at radius 3 is 2.60 bits per heavy atom. The normalized spacial score (nSPS) is 13.0. The summed E-state index contributed by atoms with van der Waals surface area (Å²) in [6.45, 7) is 5.93. The van der Waals surface area contributed by atoms with Gasteiger partial charge in [0, 0.05) is 18.5 Å². The number of aromatic nitrogens is 3. The zero-order chi connectivity index (χ0) is 18.6. The number of nitrogens with zero attached hydrogens (tertiary/aromatic N) is 2. The van der Waals surface area contributed by atoms with E-state index < -0.39 is 10.0 Å². The zero-order valence-electron chi connectivity index (χ0n) is 15.7. The molecule has 0 spiro atoms. The number of aromatic amines is 1. The van der Waals surface area contributed by atoms with Gasteiger partial charge in [-0.05, 0) is 50.9 Å². The number of ether oxygens (including phenoxy) is 2. The third-order valence-corrected chi connectivity index (χ3v) is 5.60. The van der Waals surface area contributed by atoms with Crippen molar-refractivity contribution in [1.82, 2.24) is 14.1 Å². The third-order valence-electron chi connectivity index (χ3n) is 3.76. The van der Waals surface area contributed by atoms with Crippen LogP contribution in [-0.4, -0.2) is 58.0 Å². The summed E-state index contributed by atoms with van der Waals surface area (Å²) in [5.74, 6) is 1.00. The molecule has 2 aromatic heterocycles. The molecule has 2 rings (SSSR count). The van der Waals surface area contributed by atoms with Gasteiger partial charge in [-0.15, -0.1) is 0 Å². The Balaban J connectivity index is 2.24. The monoisotopic (exact) mass is 387 g/mol. The lowest BCUT2D eigenvalue weighted by atomic mass is 10.4. The molecule has 0 saturated carbocycles. The Morgan fingerprint density at radius 2 is 1.96 bits per heavy atom. The minimum Gasteiger partial charge on any atom is -0.377 e. The highest BCUT2D eigenvalue weighted by Gasteiger charge is 2.12. The van der Waals surface area contributed by atoms with Gasteiger partial charge in [-0.1, -0.05) is 0 Å². The predicted octanol–water partition coefficient (Wildman–Crippen LogP) is 2.95. The van der Waals surface area contributed by atoms with Gasteiger partial charge in [-0.2, -0.15) is 0 Å². The molecule has 2 aromatic rings. The Labute approximate surface area is 155 Å². The van der Waals surface area contributed by atoms with Crippen LogP contribution in [0.15, 0.2) is 17.1 Å². The number of nitrogens with one attached hydrogen (secondary N) is 1. The van der Waals surface area contributed by atoms with Gasteiger partial charge in [0.05, 0.1) is 24.8 Å². The fourth-order valence-corrected chi connectivity index (χ4v) is 3.35. The highest BCUT2D eigenvalue weighted by molar-refractivity contribution is 8.32. The molecule has 0 unspecified atom stereocenters. The standard InChI is InChI=1S/C17H29N3O3S2/c1-13(2)23-9-8-19-14-6-7-18-15(14)16(21)20(17(19)24)12-22-10-11-25(3,4)5/h6-7,13,18H,8-12H2,1-5H3. The second kappa shape index (κ2) is 8.53. The van der Waals surface area contributed by atoms with Gasteiger partial charge in [0.2, 0.25) is 0 Å². The van der Waals surface area contributed by atoms with Gasteiger partial charge in [-0.25, -0.2) is 10.0 Å². The second-order valence-electron chi connectivity index (χ2n) is 7.16. The van der Waals surface area contributed by atoms with E-state index in [1.54, 1.807) is 6.20 Å². The molecule has 0 radical (unpaired) electrons. The molecule has 0 bridgehead atoms. The summed E-state index contributed by atoms with van der Waals surface area (Å²) in [6.07, 6.45) is 8.65. The maximum Gasteiger partial charge on any atom is 0.280 e. The first kappa shape index (κ1) is 20.2. The molecule has 0 aliphatic carbocycles. The molecule has 6 nitrogen and oxygen atoms in total. The number of rotatable bonds is 9. The number of hydrogen-bond acceptors (Lipinski definition) is 4. The van der Waals surface area contributed by atoms with Crippen LogP contribution in [0.2, 0.25) is 0 Å². The first-order valence-corrected chi connectivity index (χ1v) is 11.8. The van der Waals surface area contributed by atoms with Crippen LogP contribution in [0.25, 0.3) is 11.0 Å². The van der Waals surface area contributed by atoms with Crippen molar-refractivity contribution in [3.8, 4) is 0 Å². The fraction of sp³-hybridized carbons (Fsp3) is 0.647. The van der Waals surface area contributed by atoms with Crippen LogP contribution in [0.3, 0.4) is 0 Å². The molecule has 142 valence electrons. The summed E-state index contributed by atoms with van der Waals surface area (Å²) in [5, 5.41) is 0. The minimum atomic E-state index is -0.619. The molecule has 1 N–H and O–H groups in total. The van der Waals surface area contributed by atoms with Crippen LogP contribution in [0.1, 0.15) is 13.8 Å². The Hall–Kier alpha value is -1.09. The van der Waals surface area contributed by atoms with Crippen LogP contribution in [0.4, 0.5) is 0 Å². The molecular weight excluding hydrogens is 358 g/mol. The van der Waals surface area contributed by atoms with E-state index in [1.807, 2.05) is 24.5 Å². The molecular formula is C17H29N3O3S2. The second-order valence-corrected chi connectivity index (χ2v) is 12.1. The lowest BCUT2D eigenvalue weighted by molar-refractivity contribution is 0.0699. The van der Waals surface area contributed by atoms with E-state index in [0.717, 1.165) is 11.3 Å². The number of fused-ring (bicyclic) bond motifs is 1. The Bertz CT molecular complexity index is 815. The van der Waals surface area contributed by atoms with Gasteiger partial charge in [-0.3, -0.25) is 9.36 Å². The smallest absolute Gasteiger partial charge is 0.280 e. The summed E-state index contributed by atoms with van der Waals surface area (Å²) >= 11 is 5.56. The van der Waals surface area contributed by atoms with E-state index in [9.17, 15) is 4.79 Å². The van der Waals surface area contributed by atoms with Crippen molar-refractivity contribution in [3.63, 3.8) is 0 Å². The number of hydrogen-bond donors (Lipinski definition) is 1. The van der Waals surface area contributed by atoms with Crippen LogP contribution in [0.5, 0.6) is 0 Å². The maximum absolute atomic E-state index is 12.7. The Kier molecular flexibility index (Phi) is 6.90. The Morgan fingerprint density at radius 1 is 1.24 bits per heavy atom. The van der Waals surface area contributed by atoms with Crippen molar-refractivity contribution in [3.05, 3.63) is 27.4 Å². The van der Waals surface area contributed by atoms with Crippen molar-refractivity contribution in [2.24, 2.45) is 0 Å². The summed E-state index contributed by atoms with van der Waals surface area (Å²) in [5.41, 5.74) is 1.20. The summed E-state index contributed by atoms with van der Waals surface area (Å²) in [4.78, 5) is 15.7.